The molecule has 0 bridgehead atoms. The van der Waals surface area contributed by atoms with Crippen LogP contribution >= 0.6 is 11.3 Å². The third-order valence-corrected chi connectivity index (χ3v) is 5.29. The average molecular weight is 398 g/mol. The van der Waals surface area contributed by atoms with E-state index >= 15 is 0 Å². The number of rotatable bonds is 7. The van der Waals surface area contributed by atoms with Gasteiger partial charge >= 0.3 is 0 Å². The third kappa shape index (κ3) is 4.56. The predicted molar refractivity (Wildman–Crippen MR) is 111 cm³/mol. The Labute approximate surface area is 167 Å². The molecule has 1 aliphatic rings. The topological polar surface area (TPSA) is 95.4 Å². The highest BCUT2D eigenvalue weighted by molar-refractivity contribution is 7.18. The molecule has 1 aliphatic heterocycles. The summed E-state index contributed by atoms with van der Waals surface area (Å²) in [7, 11) is 0. The molecule has 0 unspecified atom stereocenters. The van der Waals surface area contributed by atoms with Crippen molar-refractivity contribution in [3.05, 3.63) is 43.0 Å². The zero-order valence-corrected chi connectivity index (χ0v) is 16.2. The molecule has 1 fully saturated rings. The van der Waals surface area contributed by atoms with Crippen LogP contribution < -0.4 is 15.5 Å². The molecule has 4 heterocycles. The Morgan fingerprint density at radius 3 is 2.89 bits per heavy atom. The average Bonchev–Trinajstić information content (AvgIpc) is 3.22. The Hall–Kier alpha value is -2.75. The van der Waals surface area contributed by atoms with Crippen molar-refractivity contribution in [1.29, 1.82) is 0 Å². The van der Waals surface area contributed by atoms with Gasteiger partial charge in [0.25, 0.3) is 0 Å². The Morgan fingerprint density at radius 2 is 2.04 bits per heavy atom. The van der Waals surface area contributed by atoms with Crippen molar-refractivity contribution in [3.63, 3.8) is 0 Å². The monoisotopic (exact) mass is 398 g/mol. The molecule has 4 rings (SSSR count). The van der Waals surface area contributed by atoms with Gasteiger partial charge in [-0.05, 0) is 12.1 Å². The fourth-order valence-electron chi connectivity index (χ4n) is 2.95. The lowest BCUT2D eigenvalue weighted by atomic mass is 10.2. The number of aliphatic hydroxyl groups is 1. The normalized spacial score (nSPS) is 14.1. The summed E-state index contributed by atoms with van der Waals surface area (Å²) in [6.07, 6.45) is 7.17. The molecule has 3 N–H and O–H groups in total. The molecule has 0 amide bonds. The van der Waals surface area contributed by atoms with Crippen LogP contribution in [0.15, 0.2) is 43.0 Å². The maximum absolute atomic E-state index is 8.95. The summed E-state index contributed by atoms with van der Waals surface area (Å²) in [6.45, 7) is 3.85. The number of hydrogen-bond donors (Lipinski definition) is 3. The van der Waals surface area contributed by atoms with Gasteiger partial charge in [0.15, 0.2) is 5.13 Å². The molecule has 0 saturated carbocycles. The lowest BCUT2D eigenvalue weighted by Gasteiger charge is -2.28. The number of ether oxygens (including phenoxy) is 1. The largest absolute Gasteiger partial charge is 0.395 e. The molecule has 8 nitrogen and oxygen atoms in total. The summed E-state index contributed by atoms with van der Waals surface area (Å²) in [4.78, 5) is 16.4. The summed E-state index contributed by atoms with van der Waals surface area (Å²) in [6, 6.07) is 6.05. The van der Waals surface area contributed by atoms with Crippen LogP contribution in [0.25, 0.3) is 10.4 Å². The van der Waals surface area contributed by atoms with Crippen molar-refractivity contribution in [1.82, 2.24) is 15.0 Å². The molecule has 3 aromatic heterocycles. The summed E-state index contributed by atoms with van der Waals surface area (Å²) in [5.41, 5.74) is 2.97. The molecular weight excluding hydrogens is 376 g/mol. The lowest BCUT2D eigenvalue weighted by molar-refractivity contribution is 0.122. The van der Waals surface area contributed by atoms with Gasteiger partial charge in [-0.15, -0.1) is 0 Å². The minimum absolute atomic E-state index is 0.0787. The Bertz CT molecular complexity index is 913. The highest BCUT2D eigenvalue weighted by Gasteiger charge is 2.12. The molecule has 1 saturated heterocycles. The van der Waals surface area contributed by atoms with E-state index in [1.807, 2.05) is 30.6 Å². The second-order valence-corrected chi connectivity index (χ2v) is 7.30. The van der Waals surface area contributed by atoms with Gasteiger partial charge in [0.1, 0.15) is 5.82 Å². The first-order valence-electron chi connectivity index (χ1n) is 9.13. The SMILES string of the molecule is OCCNc1cncc(-c2cnc(Nc3cc(N4CCOCC4)ccn3)s2)c1. The molecule has 0 aliphatic carbocycles. The predicted octanol–water partition coefficient (Wildman–Crippen LogP) is 2.58. The fraction of sp³-hybridized carbons (Fsp3) is 0.316. The van der Waals surface area contributed by atoms with E-state index in [-0.39, 0.29) is 6.61 Å². The number of anilines is 4. The number of nitrogens with zero attached hydrogens (tertiary/aromatic N) is 4. The van der Waals surface area contributed by atoms with E-state index in [0.717, 1.165) is 59.1 Å². The highest BCUT2D eigenvalue weighted by atomic mass is 32.1. The second kappa shape index (κ2) is 8.96. The minimum atomic E-state index is 0.0787. The number of aliphatic hydroxyl groups excluding tert-OH is 1. The van der Waals surface area contributed by atoms with E-state index in [1.165, 1.54) is 0 Å². The Balaban J connectivity index is 1.46. The van der Waals surface area contributed by atoms with Crippen LogP contribution in [0.1, 0.15) is 0 Å². The summed E-state index contributed by atoms with van der Waals surface area (Å²) >= 11 is 1.54. The van der Waals surface area contributed by atoms with Gasteiger partial charge in [-0.1, -0.05) is 11.3 Å². The van der Waals surface area contributed by atoms with Crippen LogP contribution in [-0.4, -0.2) is 59.5 Å². The molecule has 28 heavy (non-hydrogen) atoms. The number of pyridine rings is 2. The molecule has 0 atom stereocenters. The summed E-state index contributed by atoms with van der Waals surface area (Å²) < 4.78 is 5.42. The van der Waals surface area contributed by atoms with Gasteiger partial charge < -0.3 is 25.4 Å². The smallest absolute Gasteiger partial charge is 0.188 e. The summed E-state index contributed by atoms with van der Waals surface area (Å²) in [5, 5.41) is 16.1. The van der Waals surface area contributed by atoms with Crippen LogP contribution in [0.2, 0.25) is 0 Å². The Kier molecular flexibility index (Phi) is 5.95. The van der Waals surface area contributed by atoms with Gasteiger partial charge in [-0.25, -0.2) is 9.97 Å². The van der Waals surface area contributed by atoms with Gasteiger partial charge in [0, 0.05) is 61.7 Å². The van der Waals surface area contributed by atoms with E-state index in [4.69, 9.17) is 9.84 Å². The first-order chi connectivity index (χ1) is 13.8. The number of morpholine rings is 1. The second-order valence-electron chi connectivity index (χ2n) is 6.27. The van der Waals surface area contributed by atoms with Crippen LogP contribution in [0.3, 0.4) is 0 Å². The standard InChI is InChI=1S/C19H22N6O2S/c26-6-3-21-15-9-14(11-20-12-15)17-13-23-19(28-17)24-18-10-16(1-2-22-18)25-4-7-27-8-5-25/h1-2,9-13,21,26H,3-8H2,(H,22,23,24). The number of hydrogen-bond acceptors (Lipinski definition) is 9. The zero-order chi connectivity index (χ0) is 19.2. The fourth-order valence-corrected chi connectivity index (χ4v) is 3.76. The van der Waals surface area contributed by atoms with Crippen LogP contribution in [0.5, 0.6) is 0 Å². The first-order valence-corrected chi connectivity index (χ1v) is 9.95. The van der Waals surface area contributed by atoms with Gasteiger partial charge in [-0.3, -0.25) is 4.98 Å². The zero-order valence-electron chi connectivity index (χ0n) is 15.3. The summed E-state index contributed by atoms with van der Waals surface area (Å²) in [5.74, 6) is 0.765. The maximum Gasteiger partial charge on any atom is 0.188 e. The minimum Gasteiger partial charge on any atom is -0.395 e. The van der Waals surface area contributed by atoms with Gasteiger partial charge in [-0.2, -0.15) is 0 Å². The highest BCUT2D eigenvalue weighted by Crippen LogP contribution is 2.31. The lowest BCUT2D eigenvalue weighted by Crippen LogP contribution is -2.36. The van der Waals surface area contributed by atoms with Crippen molar-refractivity contribution in [2.45, 2.75) is 0 Å². The molecule has 0 radical (unpaired) electrons. The van der Waals surface area contributed by atoms with Crippen molar-refractivity contribution < 1.29 is 9.84 Å². The van der Waals surface area contributed by atoms with Crippen molar-refractivity contribution in [3.8, 4) is 10.4 Å². The van der Waals surface area contributed by atoms with Crippen LogP contribution in [0, 0.1) is 0 Å². The number of aromatic nitrogens is 3. The van der Waals surface area contributed by atoms with E-state index in [2.05, 4.69) is 30.5 Å². The van der Waals surface area contributed by atoms with E-state index in [0.29, 0.717) is 6.54 Å². The molecule has 146 valence electrons. The van der Waals surface area contributed by atoms with Gasteiger partial charge in [0.05, 0.1) is 30.4 Å². The van der Waals surface area contributed by atoms with Crippen molar-refractivity contribution >= 4 is 33.7 Å². The van der Waals surface area contributed by atoms with Crippen molar-refractivity contribution in [2.75, 3.05) is 55.0 Å². The number of thiazole rings is 1. The molecule has 9 heteroatoms. The first kappa shape index (κ1) is 18.6. The van der Waals surface area contributed by atoms with Gasteiger partial charge in [0.2, 0.25) is 0 Å². The molecule has 0 aromatic carbocycles. The third-order valence-electron chi connectivity index (χ3n) is 4.32. The van der Waals surface area contributed by atoms with Crippen molar-refractivity contribution in [2.24, 2.45) is 0 Å². The Morgan fingerprint density at radius 1 is 1.14 bits per heavy atom. The van der Waals surface area contributed by atoms with E-state index < -0.39 is 0 Å². The quantitative estimate of drug-likeness (QED) is 0.559. The maximum atomic E-state index is 8.95. The van der Waals surface area contributed by atoms with E-state index in [1.54, 1.807) is 23.7 Å². The number of nitrogens with one attached hydrogen (secondary N) is 2. The van der Waals surface area contributed by atoms with Crippen LogP contribution in [0.4, 0.5) is 22.3 Å². The van der Waals surface area contributed by atoms with E-state index in [9.17, 15) is 0 Å². The van der Waals surface area contributed by atoms with Crippen LogP contribution in [-0.2, 0) is 4.74 Å². The molecule has 0 spiro atoms. The molecule has 3 aromatic rings. The molecular formula is C19H22N6O2S.